The fraction of sp³-hybridized carbons (Fsp3) is 0. The maximum absolute atomic E-state index is 12.0. The van der Waals surface area contributed by atoms with E-state index >= 15 is 0 Å². The highest BCUT2D eigenvalue weighted by Gasteiger charge is 2.10. The molecule has 1 N–H and O–H groups in total. The lowest BCUT2D eigenvalue weighted by molar-refractivity contribution is -0.111. The predicted octanol–water partition coefficient (Wildman–Crippen LogP) is 4.34. The highest BCUT2D eigenvalue weighted by atomic mass is 35.5. The van der Waals surface area contributed by atoms with Gasteiger partial charge in [0.1, 0.15) is 5.75 Å². The van der Waals surface area contributed by atoms with Crippen LogP contribution in [0, 0.1) is 0 Å². The molecule has 0 bridgehead atoms. The molecule has 4 nitrogen and oxygen atoms in total. The van der Waals surface area contributed by atoms with Gasteiger partial charge >= 0.3 is 5.97 Å². The summed E-state index contributed by atoms with van der Waals surface area (Å²) >= 11 is 11.7. The zero-order valence-corrected chi connectivity index (χ0v) is 12.8. The molecule has 2 rings (SSSR count). The topological polar surface area (TPSA) is 55.4 Å². The van der Waals surface area contributed by atoms with Gasteiger partial charge in [-0.25, -0.2) is 4.79 Å². The molecule has 2 aromatic rings. The van der Waals surface area contributed by atoms with E-state index in [1.807, 2.05) is 0 Å². The van der Waals surface area contributed by atoms with Gasteiger partial charge in [0.15, 0.2) is 0 Å². The van der Waals surface area contributed by atoms with E-state index < -0.39 is 5.97 Å². The lowest BCUT2D eigenvalue weighted by atomic mass is 10.2. The Hall–Kier alpha value is -2.30. The van der Waals surface area contributed by atoms with Crippen LogP contribution in [0.15, 0.2) is 55.1 Å². The molecule has 6 heteroatoms. The number of ether oxygens (including phenoxy) is 1. The summed E-state index contributed by atoms with van der Waals surface area (Å²) in [5, 5.41) is 3.32. The zero-order chi connectivity index (χ0) is 16.1. The summed E-state index contributed by atoms with van der Waals surface area (Å²) < 4.78 is 5.19. The van der Waals surface area contributed by atoms with Crippen molar-refractivity contribution >= 4 is 40.8 Å². The minimum atomic E-state index is -0.556. The third kappa shape index (κ3) is 4.35. The van der Waals surface area contributed by atoms with Gasteiger partial charge in [0.2, 0.25) is 5.91 Å². The van der Waals surface area contributed by atoms with Crippen molar-refractivity contribution in [3.8, 4) is 5.75 Å². The Morgan fingerprint density at radius 2 is 1.64 bits per heavy atom. The molecule has 2 aromatic carbocycles. The minimum absolute atomic E-state index is 0.256. The van der Waals surface area contributed by atoms with E-state index in [-0.39, 0.29) is 11.7 Å². The Kier molecular flexibility index (Phi) is 5.20. The van der Waals surface area contributed by atoms with Crippen LogP contribution >= 0.6 is 23.2 Å². The second kappa shape index (κ2) is 7.11. The summed E-state index contributed by atoms with van der Waals surface area (Å²) in [7, 11) is 0. The molecule has 112 valence electrons. The maximum Gasteiger partial charge on any atom is 0.343 e. The fourth-order valence-corrected chi connectivity index (χ4v) is 2.14. The number of rotatable bonds is 4. The maximum atomic E-state index is 12.0. The lowest BCUT2D eigenvalue weighted by Crippen LogP contribution is -2.10. The molecule has 0 aliphatic carbocycles. The number of benzene rings is 2. The van der Waals surface area contributed by atoms with Crippen LogP contribution in [0.4, 0.5) is 5.69 Å². The Morgan fingerprint density at radius 1 is 1.05 bits per heavy atom. The standard InChI is InChI=1S/C16H11Cl2NO3/c1-2-15(20)19-13-5-3-10(4-6-13)16(21)22-14-8-11(17)7-12(18)9-14/h2-9H,1H2,(H,19,20). The summed E-state index contributed by atoms with van der Waals surface area (Å²) in [5.41, 5.74) is 0.875. The number of hydrogen-bond acceptors (Lipinski definition) is 3. The van der Waals surface area contributed by atoms with Gasteiger partial charge in [-0.3, -0.25) is 4.79 Å². The molecule has 0 heterocycles. The molecule has 0 radical (unpaired) electrons. The molecule has 1 amide bonds. The van der Waals surface area contributed by atoms with E-state index in [9.17, 15) is 9.59 Å². The normalized spacial score (nSPS) is 9.91. The largest absolute Gasteiger partial charge is 0.423 e. The fourth-order valence-electron chi connectivity index (χ4n) is 1.64. The molecule has 0 fully saturated rings. The van der Waals surface area contributed by atoms with Crippen molar-refractivity contribution in [1.82, 2.24) is 0 Å². The lowest BCUT2D eigenvalue weighted by Gasteiger charge is -2.06. The summed E-state index contributed by atoms with van der Waals surface area (Å²) in [6.07, 6.45) is 1.16. The monoisotopic (exact) mass is 335 g/mol. The van der Waals surface area contributed by atoms with Gasteiger partial charge in [-0.2, -0.15) is 0 Å². The van der Waals surface area contributed by atoms with Crippen LogP contribution in [0.1, 0.15) is 10.4 Å². The number of carbonyl (C=O) groups excluding carboxylic acids is 2. The van der Waals surface area contributed by atoms with Crippen molar-refractivity contribution in [3.05, 3.63) is 70.7 Å². The molecule has 0 unspecified atom stereocenters. The van der Waals surface area contributed by atoms with Crippen LogP contribution in [0.2, 0.25) is 10.0 Å². The smallest absolute Gasteiger partial charge is 0.343 e. The Labute approximate surface area is 137 Å². The van der Waals surface area contributed by atoms with Crippen molar-refractivity contribution in [1.29, 1.82) is 0 Å². The molecular formula is C16H11Cl2NO3. The third-order valence-electron chi connectivity index (χ3n) is 2.62. The van der Waals surface area contributed by atoms with Crippen LogP contribution in [0.3, 0.4) is 0 Å². The van der Waals surface area contributed by atoms with Crippen molar-refractivity contribution < 1.29 is 14.3 Å². The van der Waals surface area contributed by atoms with Gasteiger partial charge in [0.25, 0.3) is 0 Å². The van der Waals surface area contributed by atoms with Gasteiger partial charge in [0.05, 0.1) is 5.56 Å². The zero-order valence-electron chi connectivity index (χ0n) is 11.3. The summed E-state index contributed by atoms with van der Waals surface area (Å²) in [5.74, 6) is -0.629. The van der Waals surface area contributed by atoms with Crippen LogP contribution < -0.4 is 10.1 Å². The molecule has 0 aromatic heterocycles. The number of carbonyl (C=O) groups is 2. The Bertz CT molecular complexity index is 706. The Balaban J connectivity index is 2.09. The van der Waals surface area contributed by atoms with Crippen molar-refractivity contribution in [2.75, 3.05) is 5.32 Å². The number of hydrogen-bond donors (Lipinski definition) is 1. The quantitative estimate of drug-likeness (QED) is 0.513. The number of esters is 1. The molecule has 0 aliphatic heterocycles. The SMILES string of the molecule is C=CC(=O)Nc1ccc(C(=O)Oc2cc(Cl)cc(Cl)c2)cc1. The van der Waals surface area contributed by atoms with Gasteiger partial charge < -0.3 is 10.1 Å². The first-order valence-electron chi connectivity index (χ1n) is 6.19. The molecule has 0 spiro atoms. The number of amides is 1. The highest BCUT2D eigenvalue weighted by molar-refractivity contribution is 6.34. The van der Waals surface area contributed by atoms with Crippen LogP contribution in [-0.2, 0) is 4.79 Å². The van der Waals surface area contributed by atoms with Crippen LogP contribution in [0.5, 0.6) is 5.75 Å². The van der Waals surface area contributed by atoms with Crippen molar-refractivity contribution in [3.63, 3.8) is 0 Å². The second-order valence-electron chi connectivity index (χ2n) is 4.27. The molecule has 0 saturated heterocycles. The molecular weight excluding hydrogens is 325 g/mol. The Morgan fingerprint density at radius 3 is 2.18 bits per heavy atom. The van der Waals surface area contributed by atoms with Crippen molar-refractivity contribution in [2.24, 2.45) is 0 Å². The van der Waals surface area contributed by atoms with Crippen LogP contribution in [-0.4, -0.2) is 11.9 Å². The van der Waals surface area contributed by atoms with E-state index in [1.165, 1.54) is 30.3 Å². The van der Waals surface area contributed by atoms with E-state index in [0.29, 0.717) is 21.3 Å². The predicted molar refractivity (Wildman–Crippen MR) is 86.7 cm³/mol. The number of halogens is 2. The molecule has 0 atom stereocenters. The summed E-state index contributed by atoms with van der Waals surface area (Å²) in [6.45, 7) is 3.36. The minimum Gasteiger partial charge on any atom is -0.423 e. The van der Waals surface area contributed by atoms with E-state index in [0.717, 1.165) is 6.08 Å². The van der Waals surface area contributed by atoms with E-state index in [4.69, 9.17) is 27.9 Å². The summed E-state index contributed by atoms with van der Waals surface area (Å²) in [4.78, 5) is 23.2. The van der Waals surface area contributed by atoms with Gasteiger partial charge in [-0.1, -0.05) is 29.8 Å². The van der Waals surface area contributed by atoms with Gasteiger partial charge in [-0.15, -0.1) is 0 Å². The molecule has 0 saturated carbocycles. The molecule has 0 aliphatic rings. The number of anilines is 1. The second-order valence-corrected chi connectivity index (χ2v) is 5.14. The highest BCUT2D eigenvalue weighted by Crippen LogP contribution is 2.25. The van der Waals surface area contributed by atoms with Gasteiger partial charge in [-0.05, 0) is 48.5 Å². The first kappa shape index (κ1) is 16.1. The average Bonchev–Trinajstić information content (AvgIpc) is 2.46. The van der Waals surface area contributed by atoms with Crippen molar-refractivity contribution in [2.45, 2.75) is 0 Å². The first-order chi connectivity index (χ1) is 10.5. The number of nitrogens with one attached hydrogen (secondary N) is 1. The molecule has 22 heavy (non-hydrogen) atoms. The first-order valence-corrected chi connectivity index (χ1v) is 6.95. The average molecular weight is 336 g/mol. The van der Waals surface area contributed by atoms with Gasteiger partial charge in [0, 0.05) is 15.7 Å². The third-order valence-corrected chi connectivity index (χ3v) is 3.06. The van der Waals surface area contributed by atoms with E-state index in [1.54, 1.807) is 12.1 Å². The van der Waals surface area contributed by atoms with Crippen LogP contribution in [0.25, 0.3) is 0 Å². The van der Waals surface area contributed by atoms with E-state index in [2.05, 4.69) is 11.9 Å². The summed E-state index contributed by atoms with van der Waals surface area (Å²) in [6, 6.07) is 10.8.